The highest BCUT2D eigenvalue weighted by Crippen LogP contribution is 2.25. The van der Waals surface area contributed by atoms with Gasteiger partial charge in [-0.15, -0.1) is 0 Å². The van der Waals surface area contributed by atoms with Crippen LogP contribution in [0, 0.1) is 0 Å². The van der Waals surface area contributed by atoms with E-state index in [4.69, 9.17) is 21.1 Å². The monoisotopic (exact) mass is 286 g/mol. The van der Waals surface area contributed by atoms with Gasteiger partial charge < -0.3 is 14.4 Å². The van der Waals surface area contributed by atoms with E-state index in [1.165, 1.54) is 0 Å². The number of hydrogen-bond acceptors (Lipinski definition) is 6. The Balaban J connectivity index is 2.25. The minimum atomic E-state index is -0.176. The molecule has 1 aromatic heterocycles. The molecule has 1 saturated heterocycles. The van der Waals surface area contributed by atoms with E-state index in [1.54, 1.807) is 0 Å². The van der Waals surface area contributed by atoms with Crippen molar-refractivity contribution in [1.82, 2.24) is 15.0 Å². The molecule has 0 radical (unpaired) electrons. The molecule has 6 nitrogen and oxygen atoms in total. The second kappa shape index (κ2) is 5.88. The Hall–Kier alpha value is -1.14. The van der Waals surface area contributed by atoms with Gasteiger partial charge in [0.25, 0.3) is 0 Å². The van der Waals surface area contributed by atoms with Crippen LogP contribution in [0.15, 0.2) is 0 Å². The zero-order valence-corrected chi connectivity index (χ0v) is 12.3. The molecule has 1 aliphatic rings. The molecule has 106 valence electrons. The molecule has 0 N–H and O–H groups in total. The molecule has 0 atom stereocenters. The maximum absolute atomic E-state index is 5.94. The standard InChI is InChI=1S/C12H19ClN4O2/c1-4-6-19-11-15-9(13)14-10(16-11)17-5-7-18-8-12(17,2)3/h4-8H2,1-3H3. The number of aromatic nitrogens is 3. The van der Waals surface area contributed by atoms with Gasteiger partial charge in [-0.3, -0.25) is 0 Å². The molecule has 1 fully saturated rings. The van der Waals surface area contributed by atoms with E-state index in [1.807, 2.05) is 6.92 Å². The van der Waals surface area contributed by atoms with Crippen LogP contribution >= 0.6 is 11.6 Å². The van der Waals surface area contributed by atoms with Crippen molar-refractivity contribution in [1.29, 1.82) is 0 Å². The van der Waals surface area contributed by atoms with Gasteiger partial charge in [0, 0.05) is 6.54 Å². The second-order valence-corrected chi connectivity index (χ2v) is 5.39. The minimum absolute atomic E-state index is 0.151. The fourth-order valence-electron chi connectivity index (χ4n) is 1.93. The van der Waals surface area contributed by atoms with Gasteiger partial charge in [0.05, 0.1) is 25.4 Å². The molecule has 0 aromatic carbocycles. The van der Waals surface area contributed by atoms with Crippen LogP contribution in [0.1, 0.15) is 27.2 Å². The molecule has 0 saturated carbocycles. The largest absolute Gasteiger partial charge is 0.463 e. The van der Waals surface area contributed by atoms with E-state index in [0.717, 1.165) is 13.0 Å². The fraction of sp³-hybridized carbons (Fsp3) is 0.750. The highest BCUT2D eigenvalue weighted by molar-refractivity contribution is 6.28. The van der Waals surface area contributed by atoms with Gasteiger partial charge in [0.2, 0.25) is 11.2 Å². The van der Waals surface area contributed by atoms with Gasteiger partial charge >= 0.3 is 6.01 Å². The average Bonchev–Trinajstić information content (AvgIpc) is 2.35. The number of halogens is 1. The van der Waals surface area contributed by atoms with Crippen molar-refractivity contribution in [3.63, 3.8) is 0 Å². The summed E-state index contributed by atoms with van der Waals surface area (Å²) in [6.07, 6.45) is 0.891. The SMILES string of the molecule is CCCOc1nc(Cl)nc(N2CCOCC2(C)C)n1. The summed E-state index contributed by atoms with van der Waals surface area (Å²) < 4.78 is 10.9. The van der Waals surface area contributed by atoms with Crippen LogP contribution in [0.25, 0.3) is 0 Å². The highest BCUT2D eigenvalue weighted by Gasteiger charge is 2.33. The van der Waals surface area contributed by atoms with Crippen molar-refractivity contribution in [2.45, 2.75) is 32.7 Å². The fourth-order valence-corrected chi connectivity index (χ4v) is 2.08. The molecule has 19 heavy (non-hydrogen) atoms. The molecule has 2 heterocycles. The van der Waals surface area contributed by atoms with E-state index in [9.17, 15) is 0 Å². The highest BCUT2D eigenvalue weighted by atomic mass is 35.5. The van der Waals surface area contributed by atoms with Gasteiger partial charge in [-0.25, -0.2) is 0 Å². The molecule has 0 unspecified atom stereocenters. The van der Waals surface area contributed by atoms with E-state index in [0.29, 0.717) is 25.8 Å². The smallest absolute Gasteiger partial charge is 0.322 e. The summed E-state index contributed by atoms with van der Waals surface area (Å²) in [5.41, 5.74) is -0.176. The number of rotatable bonds is 4. The minimum Gasteiger partial charge on any atom is -0.463 e. The Morgan fingerprint density at radius 1 is 1.37 bits per heavy atom. The van der Waals surface area contributed by atoms with E-state index >= 15 is 0 Å². The quantitative estimate of drug-likeness (QED) is 0.843. The zero-order chi connectivity index (χ0) is 13.9. The van der Waals surface area contributed by atoms with Gasteiger partial charge in [-0.05, 0) is 31.9 Å². The Kier molecular flexibility index (Phi) is 4.42. The third-order valence-electron chi connectivity index (χ3n) is 2.90. The van der Waals surface area contributed by atoms with Gasteiger partial charge in [0.1, 0.15) is 0 Å². The van der Waals surface area contributed by atoms with Crippen molar-refractivity contribution < 1.29 is 9.47 Å². The molecular weight excluding hydrogens is 268 g/mol. The van der Waals surface area contributed by atoms with E-state index < -0.39 is 0 Å². The third-order valence-corrected chi connectivity index (χ3v) is 3.07. The van der Waals surface area contributed by atoms with Crippen molar-refractivity contribution >= 4 is 17.5 Å². The first kappa shape index (κ1) is 14.3. The summed E-state index contributed by atoms with van der Waals surface area (Å²) in [5, 5.41) is 0.151. The summed E-state index contributed by atoms with van der Waals surface area (Å²) in [5.74, 6) is 0.541. The number of ether oxygens (including phenoxy) is 2. The Morgan fingerprint density at radius 2 is 2.16 bits per heavy atom. The lowest BCUT2D eigenvalue weighted by molar-refractivity contribution is 0.0632. The topological polar surface area (TPSA) is 60.4 Å². The summed E-state index contributed by atoms with van der Waals surface area (Å²) >= 11 is 5.94. The van der Waals surface area contributed by atoms with Crippen molar-refractivity contribution in [3.8, 4) is 6.01 Å². The molecule has 2 rings (SSSR count). The molecule has 1 aliphatic heterocycles. The van der Waals surface area contributed by atoms with Crippen LogP contribution in [0.3, 0.4) is 0 Å². The second-order valence-electron chi connectivity index (χ2n) is 5.05. The molecule has 7 heteroatoms. The third kappa shape index (κ3) is 3.45. The van der Waals surface area contributed by atoms with Crippen LogP contribution in [-0.4, -0.2) is 46.9 Å². The van der Waals surface area contributed by atoms with Crippen molar-refractivity contribution in [2.75, 3.05) is 31.3 Å². The normalized spacial score (nSPS) is 18.4. The van der Waals surface area contributed by atoms with Crippen LogP contribution in [0.2, 0.25) is 5.28 Å². The maximum atomic E-state index is 5.94. The van der Waals surface area contributed by atoms with Crippen LogP contribution in [-0.2, 0) is 4.74 Å². The van der Waals surface area contributed by atoms with Crippen molar-refractivity contribution in [3.05, 3.63) is 5.28 Å². The molecule has 0 amide bonds. The van der Waals surface area contributed by atoms with Gasteiger partial charge in [-0.2, -0.15) is 15.0 Å². The lowest BCUT2D eigenvalue weighted by atomic mass is 10.0. The predicted octanol–water partition coefficient (Wildman–Crippen LogP) is 1.93. The number of anilines is 1. The van der Waals surface area contributed by atoms with Gasteiger partial charge in [0.15, 0.2) is 0 Å². The zero-order valence-electron chi connectivity index (χ0n) is 11.5. The van der Waals surface area contributed by atoms with E-state index in [2.05, 4.69) is 33.7 Å². The Labute approximate surface area is 118 Å². The first-order chi connectivity index (χ1) is 9.03. The molecule has 1 aromatic rings. The van der Waals surface area contributed by atoms with Crippen LogP contribution < -0.4 is 9.64 Å². The average molecular weight is 287 g/mol. The van der Waals surface area contributed by atoms with Crippen molar-refractivity contribution in [2.24, 2.45) is 0 Å². The molecular formula is C12H19ClN4O2. The summed E-state index contributed by atoms with van der Waals surface area (Å²) in [6, 6.07) is 0.277. The predicted molar refractivity (Wildman–Crippen MR) is 72.9 cm³/mol. The molecule has 0 bridgehead atoms. The van der Waals surface area contributed by atoms with Crippen LogP contribution in [0.4, 0.5) is 5.95 Å². The first-order valence-corrected chi connectivity index (χ1v) is 6.80. The van der Waals surface area contributed by atoms with Gasteiger partial charge in [-0.1, -0.05) is 6.92 Å². The summed E-state index contributed by atoms with van der Waals surface area (Å²) in [6.45, 7) is 8.74. The Bertz CT molecular complexity index is 442. The first-order valence-electron chi connectivity index (χ1n) is 6.42. The number of hydrogen-bond donors (Lipinski definition) is 0. The Morgan fingerprint density at radius 3 is 2.84 bits per heavy atom. The summed E-state index contributed by atoms with van der Waals surface area (Å²) in [7, 11) is 0. The van der Waals surface area contributed by atoms with Crippen LogP contribution in [0.5, 0.6) is 6.01 Å². The maximum Gasteiger partial charge on any atom is 0.322 e. The lowest BCUT2D eigenvalue weighted by Crippen LogP contribution is -2.53. The van der Waals surface area contributed by atoms with E-state index in [-0.39, 0.29) is 16.8 Å². The molecule has 0 aliphatic carbocycles. The summed E-state index contributed by atoms with van der Waals surface area (Å²) in [4.78, 5) is 14.6. The number of morpholine rings is 1. The lowest BCUT2D eigenvalue weighted by Gasteiger charge is -2.41. The number of nitrogens with zero attached hydrogens (tertiary/aromatic N) is 4. The molecule has 0 spiro atoms.